The zero-order valence-corrected chi connectivity index (χ0v) is 15.5. The van der Waals surface area contributed by atoms with Gasteiger partial charge in [0, 0.05) is 6.54 Å². The van der Waals surface area contributed by atoms with Crippen LogP contribution in [0.2, 0.25) is 0 Å². The van der Waals surface area contributed by atoms with Gasteiger partial charge in [0.05, 0.1) is 12.7 Å². The number of aromatic nitrogens is 4. The summed E-state index contributed by atoms with van der Waals surface area (Å²) in [5.41, 5.74) is 2.17. The molecule has 1 atom stereocenters. The quantitative estimate of drug-likeness (QED) is 0.499. The van der Waals surface area contributed by atoms with Crippen molar-refractivity contribution in [3.8, 4) is 0 Å². The Hall–Kier alpha value is -3.19. The fourth-order valence-corrected chi connectivity index (χ4v) is 3.82. The summed E-state index contributed by atoms with van der Waals surface area (Å²) in [7, 11) is 0. The third-order valence-corrected chi connectivity index (χ3v) is 5.38. The molecule has 28 heavy (non-hydrogen) atoms. The summed E-state index contributed by atoms with van der Waals surface area (Å²) in [6.45, 7) is 3.38. The molecular weight excluding hydrogens is 352 g/mol. The highest BCUT2D eigenvalue weighted by atomic mass is 16.1. The van der Waals surface area contributed by atoms with Gasteiger partial charge in [-0.25, -0.2) is 9.78 Å². The molecule has 4 aromatic rings. The van der Waals surface area contributed by atoms with Crippen LogP contribution >= 0.6 is 0 Å². The monoisotopic (exact) mass is 374 g/mol. The molecule has 0 bridgehead atoms. The molecule has 1 saturated heterocycles. The molecule has 1 aliphatic rings. The molecule has 0 aliphatic carbocycles. The molecule has 142 valence electrons. The summed E-state index contributed by atoms with van der Waals surface area (Å²) in [5.74, 6) is 1.15. The summed E-state index contributed by atoms with van der Waals surface area (Å²) in [6.07, 6.45) is 2.84. The second-order valence-electron chi connectivity index (χ2n) is 7.37. The van der Waals surface area contributed by atoms with Crippen molar-refractivity contribution in [3.63, 3.8) is 0 Å². The summed E-state index contributed by atoms with van der Waals surface area (Å²) < 4.78 is 1.67. The van der Waals surface area contributed by atoms with Crippen molar-refractivity contribution in [1.29, 1.82) is 0 Å². The highest BCUT2D eigenvalue weighted by Crippen LogP contribution is 2.18. The molecule has 0 spiro atoms. The van der Waals surface area contributed by atoms with Gasteiger partial charge in [0.1, 0.15) is 5.52 Å². The van der Waals surface area contributed by atoms with Gasteiger partial charge in [-0.2, -0.15) is 4.98 Å². The molecule has 2 aromatic carbocycles. The van der Waals surface area contributed by atoms with Gasteiger partial charge in [-0.05, 0) is 47.8 Å². The molecule has 7 heteroatoms. The highest BCUT2D eigenvalue weighted by Gasteiger charge is 2.15. The van der Waals surface area contributed by atoms with E-state index in [2.05, 4.69) is 55.9 Å². The van der Waals surface area contributed by atoms with Crippen LogP contribution in [0.15, 0.2) is 53.5 Å². The number of fused-ring (bicyclic) bond motifs is 2. The Kier molecular flexibility index (Phi) is 4.29. The van der Waals surface area contributed by atoms with Crippen LogP contribution in [-0.4, -0.2) is 39.2 Å². The first kappa shape index (κ1) is 16.9. The van der Waals surface area contributed by atoms with E-state index in [0.29, 0.717) is 29.6 Å². The van der Waals surface area contributed by atoms with E-state index in [1.165, 1.54) is 5.39 Å². The molecule has 1 aliphatic heterocycles. The molecule has 0 radical (unpaired) electrons. The summed E-state index contributed by atoms with van der Waals surface area (Å²) >= 11 is 0. The number of aromatic amines is 1. The zero-order valence-electron chi connectivity index (χ0n) is 15.5. The number of hydrogen-bond donors (Lipinski definition) is 3. The van der Waals surface area contributed by atoms with E-state index in [1.54, 1.807) is 10.8 Å². The first-order valence-electron chi connectivity index (χ1n) is 9.64. The number of hydrogen-bond acceptors (Lipinski definition) is 5. The van der Waals surface area contributed by atoms with Crippen LogP contribution in [-0.2, 0) is 6.54 Å². The third-order valence-electron chi connectivity index (χ3n) is 5.38. The van der Waals surface area contributed by atoms with Crippen LogP contribution in [0.25, 0.3) is 21.9 Å². The zero-order chi connectivity index (χ0) is 18.9. The lowest BCUT2D eigenvalue weighted by Gasteiger charge is -2.10. The van der Waals surface area contributed by atoms with Crippen molar-refractivity contribution in [2.45, 2.75) is 13.0 Å². The van der Waals surface area contributed by atoms with Gasteiger partial charge in [-0.1, -0.05) is 36.4 Å². The van der Waals surface area contributed by atoms with Crippen molar-refractivity contribution >= 4 is 27.9 Å². The first-order chi connectivity index (χ1) is 13.8. The van der Waals surface area contributed by atoms with Crippen molar-refractivity contribution in [1.82, 2.24) is 24.8 Å². The fourth-order valence-electron chi connectivity index (χ4n) is 3.82. The van der Waals surface area contributed by atoms with E-state index in [4.69, 9.17) is 0 Å². The second-order valence-corrected chi connectivity index (χ2v) is 7.37. The molecule has 7 nitrogen and oxygen atoms in total. The van der Waals surface area contributed by atoms with Crippen LogP contribution < -0.4 is 16.3 Å². The number of nitrogens with one attached hydrogen (secondary N) is 3. The van der Waals surface area contributed by atoms with Crippen LogP contribution in [0.5, 0.6) is 0 Å². The highest BCUT2D eigenvalue weighted by molar-refractivity contribution is 5.83. The predicted molar refractivity (Wildman–Crippen MR) is 111 cm³/mol. The average molecular weight is 374 g/mol. The predicted octanol–water partition coefficient (Wildman–Crippen LogP) is 2.34. The summed E-state index contributed by atoms with van der Waals surface area (Å²) in [4.78, 5) is 24.3. The van der Waals surface area contributed by atoms with E-state index in [0.717, 1.165) is 37.0 Å². The van der Waals surface area contributed by atoms with E-state index in [9.17, 15) is 4.79 Å². The Bertz CT molecular complexity index is 1190. The molecule has 3 N–H and O–H groups in total. The molecule has 0 unspecified atom stereocenters. The second kappa shape index (κ2) is 7.09. The molecule has 5 rings (SSSR count). The lowest BCUT2D eigenvalue weighted by molar-refractivity contribution is 0.613. The van der Waals surface area contributed by atoms with Gasteiger partial charge in [-0.15, -0.1) is 0 Å². The smallest absolute Gasteiger partial charge is 0.328 e. The maximum absolute atomic E-state index is 12.5. The minimum atomic E-state index is -0.172. The van der Waals surface area contributed by atoms with Crippen molar-refractivity contribution in [2.24, 2.45) is 5.92 Å². The third kappa shape index (κ3) is 3.25. The van der Waals surface area contributed by atoms with Gasteiger partial charge < -0.3 is 15.6 Å². The normalized spacial score (nSPS) is 16.8. The van der Waals surface area contributed by atoms with Crippen LogP contribution in [0.3, 0.4) is 0 Å². The Labute approximate surface area is 161 Å². The van der Waals surface area contributed by atoms with Crippen LogP contribution in [0, 0.1) is 5.92 Å². The lowest BCUT2D eigenvalue weighted by atomic mass is 10.1. The van der Waals surface area contributed by atoms with Crippen molar-refractivity contribution in [3.05, 3.63) is 64.7 Å². The van der Waals surface area contributed by atoms with E-state index in [1.807, 2.05) is 12.1 Å². The minimum absolute atomic E-state index is 0.172. The molecular formula is C21H22N6O. The van der Waals surface area contributed by atoms with Gasteiger partial charge in [0.25, 0.3) is 0 Å². The van der Waals surface area contributed by atoms with Gasteiger partial charge in [0.15, 0.2) is 5.65 Å². The van der Waals surface area contributed by atoms with Gasteiger partial charge in [0.2, 0.25) is 5.95 Å². The maximum Gasteiger partial charge on any atom is 0.328 e. The van der Waals surface area contributed by atoms with Gasteiger partial charge >= 0.3 is 5.69 Å². The SMILES string of the molecule is O=c1[nH]c2cnc(NC[C@H]3CCNC3)nc2n1Cc1ccc2ccccc2c1. The summed E-state index contributed by atoms with van der Waals surface area (Å²) in [6, 6.07) is 14.5. The van der Waals surface area contributed by atoms with Crippen molar-refractivity contribution < 1.29 is 0 Å². The number of H-pyrrole nitrogens is 1. The first-order valence-corrected chi connectivity index (χ1v) is 9.64. The van der Waals surface area contributed by atoms with Gasteiger partial charge in [-0.3, -0.25) is 4.57 Å². The van der Waals surface area contributed by atoms with Crippen molar-refractivity contribution in [2.75, 3.05) is 25.0 Å². The number of anilines is 1. The number of nitrogens with zero attached hydrogens (tertiary/aromatic N) is 3. The Morgan fingerprint density at radius 3 is 2.93 bits per heavy atom. The molecule has 0 saturated carbocycles. The Balaban J connectivity index is 1.44. The van der Waals surface area contributed by atoms with E-state index >= 15 is 0 Å². The van der Waals surface area contributed by atoms with Crippen LogP contribution in [0.4, 0.5) is 5.95 Å². The molecule has 0 amide bonds. The minimum Gasteiger partial charge on any atom is -0.354 e. The number of imidazole rings is 1. The lowest BCUT2D eigenvalue weighted by Crippen LogP contribution is -2.19. The fraction of sp³-hybridized carbons (Fsp3) is 0.286. The molecule has 3 heterocycles. The average Bonchev–Trinajstić information content (AvgIpc) is 3.34. The number of benzene rings is 2. The molecule has 2 aromatic heterocycles. The Morgan fingerprint density at radius 2 is 2.07 bits per heavy atom. The van der Waals surface area contributed by atoms with E-state index < -0.39 is 0 Å². The topological polar surface area (TPSA) is 87.6 Å². The summed E-state index contributed by atoms with van der Waals surface area (Å²) in [5, 5.41) is 9.02. The number of rotatable bonds is 5. The standard InChI is InChI=1S/C21H22N6O/c28-21-25-18-12-24-20(23-11-15-7-8-22-10-15)26-19(18)27(21)13-14-5-6-16-3-1-2-4-17(16)9-14/h1-6,9,12,15,22H,7-8,10-11,13H2,(H,25,28)(H,23,24,26)/t15-/m0/s1. The molecule has 1 fully saturated rings. The largest absolute Gasteiger partial charge is 0.354 e. The van der Waals surface area contributed by atoms with E-state index in [-0.39, 0.29) is 5.69 Å². The maximum atomic E-state index is 12.5. The Morgan fingerprint density at radius 1 is 1.18 bits per heavy atom. The van der Waals surface area contributed by atoms with Crippen LogP contribution in [0.1, 0.15) is 12.0 Å².